The summed E-state index contributed by atoms with van der Waals surface area (Å²) in [6.07, 6.45) is 2.30. The third-order valence-electron chi connectivity index (χ3n) is 7.90. The summed E-state index contributed by atoms with van der Waals surface area (Å²) < 4.78 is 22.3. The number of benzene rings is 5. The van der Waals surface area contributed by atoms with Crippen molar-refractivity contribution in [2.24, 2.45) is 5.10 Å². The van der Waals surface area contributed by atoms with Crippen LogP contribution in [0, 0.1) is 13.8 Å². The SMILES string of the molecule is Cc1ccc(N(c2ccc(C)cc2)c2ccc(C=NN(c3ccc(OCC4CO4)cc3)c3ccc(OCC4CO4)cc3)cc2)cc1. The summed E-state index contributed by atoms with van der Waals surface area (Å²) in [6.45, 7) is 6.88. The van der Waals surface area contributed by atoms with E-state index in [9.17, 15) is 0 Å². The van der Waals surface area contributed by atoms with Crippen LogP contribution in [0.15, 0.2) is 126 Å². The molecule has 0 radical (unpaired) electrons. The molecule has 7 nitrogen and oxygen atoms in total. The molecule has 2 aliphatic rings. The van der Waals surface area contributed by atoms with E-state index >= 15 is 0 Å². The third-order valence-corrected chi connectivity index (χ3v) is 7.90. The summed E-state index contributed by atoms with van der Waals surface area (Å²) >= 11 is 0. The summed E-state index contributed by atoms with van der Waals surface area (Å²) in [4.78, 5) is 2.27. The van der Waals surface area contributed by atoms with E-state index in [0.717, 1.165) is 58.7 Å². The summed E-state index contributed by atoms with van der Waals surface area (Å²) in [5.74, 6) is 1.60. The fourth-order valence-corrected chi connectivity index (χ4v) is 5.03. The molecule has 0 spiro atoms. The fourth-order valence-electron chi connectivity index (χ4n) is 5.03. The predicted molar refractivity (Wildman–Crippen MR) is 184 cm³/mol. The summed E-state index contributed by atoms with van der Waals surface area (Å²) in [5.41, 5.74) is 8.55. The molecule has 46 heavy (non-hydrogen) atoms. The zero-order valence-corrected chi connectivity index (χ0v) is 26.1. The van der Waals surface area contributed by atoms with Crippen LogP contribution in [0.5, 0.6) is 11.5 Å². The van der Waals surface area contributed by atoms with Gasteiger partial charge in [-0.25, -0.2) is 5.01 Å². The molecule has 0 saturated carbocycles. The van der Waals surface area contributed by atoms with Gasteiger partial charge in [-0.05, 0) is 104 Å². The number of epoxide rings is 2. The maximum Gasteiger partial charge on any atom is 0.119 e. The van der Waals surface area contributed by atoms with E-state index in [1.165, 1.54) is 11.1 Å². The first-order valence-electron chi connectivity index (χ1n) is 15.6. The second kappa shape index (κ2) is 13.5. The zero-order valence-electron chi connectivity index (χ0n) is 26.1. The van der Waals surface area contributed by atoms with Gasteiger partial charge >= 0.3 is 0 Å². The molecule has 2 aliphatic heterocycles. The number of rotatable bonds is 13. The molecular formula is C39H37N3O4. The topological polar surface area (TPSA) is 62.4 Å². The molecule has 2 fully saturated rings. The van der Waals surface area contributed by atoms with Crippen LogP contribution in [-0.4, -0.2) is 44.9 Å². The lowest BCUT2D eigenvalue weighted by molar-refractivity contribution is 0.263. The first kappa shape index (κ1) is 29.6. The molecule has 0 N–H and O–H groups in total. The van der Waals surface area contributed by atoms with Gasteiger partial charge in [0.1, 0.15) is 36.9 Å². The van der Waals surface area contributed by atoms with E-state index in [1.807, 2.05) is 59.8 Å². The number of hydrogen-bond acceptors (Lipinski definition) is 7. The number of hydrogen-bond donors (Lipinski definition) is 0. The molecule has 2 unspecified atom stereocenters. The van der Waals surface area contributed by atoms with Crippen molar-refractivity contribution in [3.63, 3.8) is 0 Å². The van der Waals surface area contributed by atoms with Crippen molar-refractivity contribution in [2.45, 2.75) is 26.1 Å². The summed E-state index contributed by atoms with van der Waals surface area (Å²) in [7, 11) is 0. The molecule has 0 aliphatic carbocycles. The molecule has 0 aromatic heterocycles. The van der Waals surface area contributed by atoms with Crippen LogP contribution in [0.4, 0.5) is 28.4 Å². The Balaban J connectivity index is 1.14. The Hall–Kier alpha value is -5.11. The number of ether oxygens (including phenoxy) is 4. The minimum atomic E-state index is 0.209. The highest BCUT2D eigenvalue weighted by Crippen LogP contribution is 2.35. The molecule has 7 heteroatoms. The van der Waals surface area contributed by atoms with Gasteiger partial charge in [0.15, 0.2) is 0 Å². The van der Waals surface area contributed by atoms with Crippen molar-refractivity contribution in [3.8, 4) is 11.5 Å². The molecular weight excluding hydrogens is 574 g/mol. The lowest BCUT2D eigenvalue weighted by atomic mass is 10.1. The third kappa shape index (κ3) is 7.57. The van der Waals surface area contributed by atoms with Gasteiger partial charge in [0.05, 0.1) is 30.8 Å². The van der Waals surface area contributed by atoms with E-state index in [2.05, 4.69) is 91.5 Å². The zero-order chi connectivity index (χ0) is 31.3. The highest BCUT2D eigenvalue weighted by molar-refractivity contribution is 5.84. The van der Waals surface area contributed by atoms with Gasteiger partial charge in [0.2, 0.25) is 0 Å². The molecule has 2 heterocycles. The summed E-state index contributed by atoms with van der Waals surface area (Å²) in [6, 6.07) is 41.6. The van der Waals surface area contributed by atoms with Crippen LogP contribution in [0.2, 0.25) is 0 Å². The van der Waals surface area contributed by atoms with Gasteiger partial charge in [0.25, 0.3) is 0 Å². The van der Waals surface area contributed by atoms with Gasteiger partial charge in [-0.3, -0.25) is 0 Å². The number of nitrogens with zero attached hydrogens (tertiary/aromatic N) is 3. The number of hydrazone groups is 1. The van der Waals surface area contributed by atoms with Crippen LogP contribution in [-0.2, 0) is 9.47 Å². The van der Waals surface area contributed by atoms with E-state index in [4.69, 9.17) is 24.0 Å². The van der Waals surface area contributed by atoms with Gasteiger partial charge in [0, 0.05) is 17.1 Å². The van der Waals surface area contributed by atoms with Crippen molar-refractivity contribution in [1.29, 1.82) is 0 Å². The Bertz CT molecular complexity index is 1640. The molecule has 5 aromatic carbocycles. The quantitative estimate of drug-likeness (QED) is 0.0756. The molecule has 0 amide bonds. The Morgan fingerprint density at radius 1 is 0.565 bits per heavy atom. The van der Waals surface area contributed by atoms with Crippen molar-refractivity contribution < 1.29 is 18.9 Å². The molecule has 7 rings (SSSR count). The van der Waals surface area contributed by atoms with Crippen LogP contribution in [0.25, 0.3) is 0 Å². The minimum absolute atomic E-state index is 0.209. The Morgan fingerprint density at radius 2 is 0.935 bits per heavy atom. The maximum absolute atomic E-state index is 5.86. The molecule has 5 aromatic rings. The molecule has 2 saturated heterocycles. The lowest BCUT2D eigenvalue weighted by Crippen LogP contribution is -2.11. The van der Waals surface area contributed by atoms with Crippen LogP contribution >= 0.6 is 0 Å². The summed E-state index contributed by atoms with van der Waals surface area (Å²) in [5, 5.41) is 6.86. The van der Waals surface area contributed by atoms with Gasteiger partial charge in [-0.15, -0.1) is 0 Å². The average molecular weight is 612 g/mol. The standard InChI is InChI=1S/C39H37N3O4/c1-28-3-9-31(10-4-28)41(32-11-5-29(2)6-12-32)33-13-7-30(8-14-33)23-40-42(34-15-19-36(20-16-34)43-24-38-26-45-38)35-17-21-37(22-18-35)44-25-39-27-46-39/h3-23,38-39H,24-27H2,1-2H3. The highest BCUT2D eigenvalue weighted by Gasteiger charge is 2.24. The average Bonchev–Trinajstić information content (AvgIpc) is 4.03. The molecule has 2 atom stereocenters. The number of anilines is 5. The van der Waals surface area contributed by atoms with Crippen molar-refractivity contribution >= 4 is 34.7 Å². The van der Waals surface area contributed by atoms with Crippen molar-refractivity contribution in [3.05, 3.63) is 138 Å². The molecule has 232 valence electrons. The van der Waals surface area contributed by atoms with Gasteiger partial charge in [-0.2, -0.15) is 5.10 Å². The van der Waals surface area contributed by atoms with Crippen LogP contribution in [0.1, 0.15) is 16.7 Å². The minimum Gasteiger partial charge on any atom is -0.491 e. The second-order valence-electron chi connectivity index (χ2n) is 11.7. The van der Waals surface area contributed by atoms with E-state index < -0.39 is 0 Å². The van der Waals surface area contributed by atoms with Crippen LogP contribution < -0.4 is 19.4 Å². The van der Waals surface area contributed by atoms with E-state index in [-0.39, 0.29) is 12.2 Å². The van der Waals surface area contributed by atoms with Gasteiger partial charge in [-0.1, -0.05) is 47.5 Å². The first-order chi connectivity index (χ1) is 22.6. The van der Waals surface area contributed by atoms with Gasteiger partial charge < -0.3 is 23.8 Å². The predicted octanol–water partition coefficient (Wildman–Crippen LogP) is 8.50. The Labute approximate surface area is 270 Å². The largest absolute Gasteiger partial charge is 0.491 e. The highest BCUT2D eigenvalue weighted by atomic mass is 16.6. The van der Waals surface area contributed by atoms with Crippen molar-refractivity contribution in [2.75, 3.05) is 36.3 Å². The van der Waals surface area contributed by atoms with E-state index in [1.54, 1.807) is 0 Å². The Kier molecular flexibility index (Phi) is 8.67. The van der Waals surface area contributed by atoms with Crippen molar-refractivity contribution in [1.82, 2.24) is 0 Å². The number of aryl methyl sites for hydroxylation is 2. The monoisotopic (exact) mass is 611 g/mol. The maximum atomic E-state index is 5.86. The van der Waals surface area contributed by atoms with E-state index in [0.29, 0.717) is 13.2 Å². The first-order valence-corrected chi connectivity index (χ1v) is 15.6. The fraction of sp³-hybridized carbons (Fsp3) is 0.205. The molecule has 0 bridgehead atoms. The lowest BCUT2D eigenvalue weighted by Gasteiger charge is -2.26. The second-order valence-corrected chi connectivity index (χ2v) is 11.7. The Morgan fingerprint density at radius 3 is 1.33 bits per heavy atom. The normalized spacial score (nSPS) is 16.7. The van der Waals surface area contributed by atoms with Crippen LogP contribution in [0.3, 0.4) is 0 Å². The smallest absolute Gasteiger partial charge is 0.119 e.